The van der Waals surface area contributed by atoms with Gasteiger partial charge in [0.15, 0.2) is 0 Å². The van der Waals surface area contributed by atoms with Crippen LogP contribution >= 0.6 is 11.8 Å². The molecule has 3 N–H and O–H groups in total. The van der Waals surface area contributed by atoms with Crippen LogP contribution in [0.15, 0.2) is 12.7 Å². The van der Waals surface area contributed by atoms with Gasteiger partial charge in [-0.1, -0.05) is 13.0 Å². The number of rotatable bonds is 6. The second-order valence-electron chi connectivity index (χ2n) is 4.61. The Morgan fingerprint density at radius 2 is 2.33 bits per heavy atom. The minimum Gasteiger partial charge on any atom is -0.353 e. The SMILES string of the molecule is C=CC(=O)NCCCCC1SCC2NC(=O)NC21. The molecule has 3 amide bonds. The predicted octanol–water partition coefficient (Wildman–Crippen LogP) is 0.624. The minimum absolute atomic E-state index is 0.0338. The van der Waals surface area contributed by atoms with Crippen LogP contribution in [0.4, 0.5) is 4.79 Å². The molecule has 3 unspecified atom stereocenters. The molecule has 3 atom stereocenters. The summed E-state index contributed by atoms with van der Waals surface area (Å²) >= 11 is 1.92. The third kappa shape index (κ3) is 3.19. The van der Waals surface area contributed by atoms with Crippen molar-refractivity contribution in [3.63, 3.8) is 0 Å². The molecule has 0 aromatic carbocycles. The lowest BCUT2D eigenvalue weighted by molar-refractivity contribution is -0.116. The fraction of sp³-hybridized carbons (Fsp3) is 0.667. The van der Waals surface area contributed by atoms with Crippen LogP contribution in [0.25, 0.3) is 0 Å². The van der Waals surface area contributed by atoms with Crippen molar-refractivity contribution < 1.29 is 9.59 Å². The van der Waals surface area contributed by atoms with Gasteiger partial charge >= 0.3 is 6.03 Å². The molecule has 0 spiro atoms. The standard InChI is InChI=1S/C12H19N3O2S/c1-2-10(16)13-6-4-3-5-9-11-8(7-18-9)14-12(17)15-11/h2,8-9,11H,1,3-7H2,(H,13,16)(H2,14,15,17). The van der Waals surface area contributed by atoms with E-state index in [0.29, 0.717) is 17.8 Å². The monoisotopic (exact) mass is 269 g/mol. The number of unbranched alkanes of at least 4 members (excludes halogenated alkanes) is 1. The van der Waals surface area contributed by atoms with Gasteiger partial charge in [0.1, 0.15) is 0 Å². The minimum atomic E-state index is -0.113. The number of hydrogen-bond acceptors (Lipinski definition) is 3. The van der Waals surface area contributed by atoms with Crippen molar-refractivity contribution >= 4 is 23.7 Å². The molecule has 2 aliphatic rings. The zero-order chi connectivity index (χ0) is 13.0. The number of urea groups is 1. The molecular weight excluding hydrogens is 250 g/mol. The molecule has 0 radical (unpaired) electrons. The summed E-state index contributed by atoms with van der Waals surface area (Å²) in [6, 6.07) is 0.548. The van der Waals surface area contributed by atoms with Crippen LogP contribution in [-0.2, 0) is 4.79 Å². The molecule has 5 nitrogen and oxygen atoms in total. The number of amides is 3. The van der Waals surface area contributed by atoms with Crippen molar-refractivity contribution in [2.45, 2.75) is 36.6 Å². The van der Waals surface area contributed by atoms with Gasteiger partial charge in [0.2, 0.25) is 5.91 Å². The Hall–Kier alpha value is -1.17. The molecule has 0 aromatic heterocycles. The van der Waals surface area contributed by atoms with Gasteiger partial charge in [0, 0.05) is 17.5 Å². The Balaban J connectivity index is 1.61. The first-order valence-corrected chi connectivity index (χ1v) is 7.34. The second kappa shape index (κ2) is 6.13. The lowest BCUT2D eigenvalue weighted by Gasteiger charge is -2.16. The summed E-state index contributed by atoms with van der Waals surface area (Å²) in [6.45, 7) is 4.10. The van der Waals surface area contributed by atoms with Crippen LogP contribution < -0.4 is 16.0 Å². The van der Waals surface area contributed by atoms with Crippen LogP contribution in [-0.4, -0.2) is 41.6 Å². The van der Waals surface area contributed by atoms with Crippen molar-refractivity contribution in [3.8, 4) is 0 Å². The largest absolute Gasteiger partial charge is 0.353 e. The highest BCUT2D eigenvalue weighted by atomic mass is 32.2. The summed E-state index contributed by atoms with van der Waals surface area (Å²) in [7, 11) is 0. The zero-order valence-corrected chi connectivity index (χ0v) is 11.1. The number of carbonyl (C=O) groups excluding carboxylic acids is 2. The maximum Gasteiger partial charge on any atom is 0.315 e. The summed E-state index contributed by atoms with van der Waals surface area (Å²) in [6.07, 6.45) is 4.40. The van der Waals surface area contributed by atoms with Gasteiger partial charge in [0.05, 0.1) is 12.1 Å². The highest BCUT2D eigenvalue weighted by Crippen LogP contribution is 2.32. The summed E-state index contributed by atoms with van der Waals surface area (Å²) in [5, 5.41) is 9.18. The fourth-order valence-corrected chi connectivity index (χ4v) is 3.94. The van der Waals surface area contributed by atoms with Crippen molar-refractivity contribution in [1.82, 2.24) is 16.0 Å². The van der Waals surface area contributed by atoms with E-state index in [0.717, 1.165) is 25.0 Å². The number of carbonyl (C=O) groups is 2. The molecule has 6 heteroatoms. The molecule has 2 fully saturated rings. The predicted molar refractivity (Wildman–Crippen MR) is 72.5 cm³/mol. The fourth-order valence-electron chi connectivity index (χ4n) is 2.40. The van der Waals surface area contributed by atoms with E-state index in [1.54, 1.807) is 0 Å². The van der Waals surface area contributed by atoms with E-state index in [1.165, 1.54) is 6.08 Å². The van der Waals surface area contributed by atoms with E-state index in [2.05, 4.69) is 22.5 Å². The molecular formula is C12H19N3O2S. The lowest BCUT2D eigenvalue weighted by Crippen LogP contribution is -2.36. The Kier molecular flexibility index (Phi) is 4.52. The zero-order valence-electron chi connectivity index (χ0n) is 10.3. The first-order valence-electron chi connectivity index (χ1n) is 6.29. The smallest absolute Gasteiger partial charge is 0.315 e. The van der Waals surface area contributed by atoms with Gasteiger partial charge in [0.25, 0.3) is 0 Å². The molecule has 2 aliphatic heterocycles. The lowest BCUT2D eigenvalue weighted by atomic mass is 10.0. The van der Waals surface area contributed by atoms with E-state index in [9.17, 15) is 9.59 Å². The Morgan fingerprint density at radius 3 is 3.11 bits per heavy atom. The Bertz CT molecular complexity index is 348. The quantitative estimate of drug-likeness (QED) is 0.376. The maximum absolute atomic E-state index is 11.2. The Labute approximate surface area is 111 Å². The van der Waals surface area contributed by atoms with Crippen LogP contribution in [0.5, 0.6) is 0 Å². The van der Waals surface area contributed by atoms with Gasteiger partial charge in [-0.05, 0) is 18.9 Å². The number of thioether (sulfide) groups is 1. The van der Waals surface area contributed by atoms with E-state index < -0.39 is 0 Å². The van der Waals surface area contributed by atoms with Gasteiger partial charge in [-0.15, -0.1) is 0 Å². The van der Waals surface area contributed by atoms with E-state index >= 15 is 0 Å². The first kappa shape index (κ1) is 13.3. The van der Waals surface area contributed by atoms with Gasteiger partial charge in [-0.3, -0.25) is 4.79 Å². The molecule has 0 bridgehead atoms. The summed E-state index contributed by atoms with van der Waals surface area (Å²) in [4.78, 5) is 22.1. The molecule has 18 heavy (non-hydrogen) atoms. The van der Waals surface area contributed by atoms with Crippen molar-refractivity contribution in [3.05, 3.63) is 12.7 Å². The van der Waals surface area contributed by atoms with Crippen molar-refractivity contribution in [2.24, 2.45) is 0 Å². The third-order valence-electron chi connectivity index (χ3n) is 3.34. The van der Waals surface area contributed by atoms with Crippen LogP contribution in [0.1, 0.15) is 19.3 Å². The highest BCUT2D eigenvalue weighted by Gasteiger charge is 2.42. The molecule has 0 saturated carbocycles. The third-order valence-corrected chi connectivity index (χ3v) is 4.85. The molecule has 2 rings (SSSR count). The highest BCUT2D eigenvalue weighted by molar-refractivity contribution is 8.00. The van der Waals surface area contributed by atoms with E-state index in [-0.39, 0.29) is 18.0 Å². The van der Waals surface area contributed by atoms with Gasteiger partial charge < -0.3 is 16.0 Å². The maximum atomic E-state index is 11.2. The topological polar surface area (TPSA) is 70.2 Å². The van der Waals surface area contributed by atoms with Crippen LogP contribution in [0, 0.1) is 0 Å². The summed E-state index contributed by atoms with van der Waals surface area (Å²) in [5.41, 5.74) is 0. The summed E-state index contributed by atoms with van der Waals surface area (Å²) in [5.74, 6) is 0.888. The number of fused-ring (bicyclic) bond motifs is 1. The first-order chi connectivity index (χ1) is 8.70. The van der Waals surface area contributed by atoms with Gasteiger partial charge in [-0.2, -0.15) is 11.8 Å². The second-order valence-corrected chi connectivity index (χ2v) is 5.88. The van der Waals surface area contributed by atoms with Gasteiger partial charge in [-0.25, -0.2) is 4.79 Å². The molecule has 2 saturated heterocycles. The number of hydrogen-bond donors (Lipinski definition) is 3. The molecule has 100 valence electrons. The Morgan fingerprint density at radius 1 is 1.50 bits per heavy atom. The normalized spacial score (nSPS) is 29.3. The van der Waals surface area contributed by atoms with Crippen LogP contribution in [0.3, 0.4) is 0 Å². The molecule has 2 heterocycles. The van der Waals surface area contributed by atoms with Crippen molar-refractivity contribution in [2.75, 3.05) is 12.3 Å². The van der Waals surface area contributed by atoms with E-state index in [1.807, 2.05) is 11.8 Å². The average molecular weight is 269 g/mol. The number of nitrogens with one attached hydrogen (secondary N) is 3. The molecule has 0 aliphatic carbocycles. The van der Waals surface area contributed by atoms with Crippen LogP contribution in [0.2, 0.25) is 0 Å². The molecule has 0 aromatic rings. The van der Waals surface area contributed by atoms with E-state index in [4.69, 9.17) is 0 Å². The summed E-state index contributed by atoms with van der Waals surface area (Å²) < 4.78 is 0. The van der Waals surface area contributed by atoms with Crippen molar-refractivity contribution in [1.29, 1.82) is 0 Å². The average Bonchev–Trinajstić information content (AvgIpc) is 2.88.